The van der Waals surface area contributed by atoms with E-state index in [0.717, 1.165) is 0 Å². The molecule has 8 nitrogen and oxygen atoms in total. The molecule has 20 heavy (non-hydrogen) atoms. The van der Waals surface area contributed by atoms with Crippen molar-refractivity contribution in [2.24, 2.45) is 10.6 Å². The summed E-state index contributed by atoms with van der Waals surface area (Å²) in [5.74, 6) is -1.23. The molecule has 8 heteroatoms. The number of rotatable bonds is 6. The summed E-state index contributed by atoms with van der Waals surface area (Å²) in [5.41, 5.74) is -0.603. The second kappa shape index (κ2) is 8.23. The number of esters is 1. The first-order valence-electron chi connectivity index (χ1n) is 6.27. The molecule has 0 aromatic carbocycles. The lowest BCUT2D eigenvalue weighted by atomic mass is 9.95. The van der Waals surface area contributed by atoms with Gasteiger partial charge in [0.1, 0.15) is 6.04 Å². The van der Waals surface area contributed by atoms with Gasteiger partial charge in [0.2, 0.25) is 5.91 Å². The molecule has 0 bridgehead atoms. The van der Waals surface area contributed by atoms with Crippen molar-refractivity contribution in [2.45, 2.75) is 39.7 Å². The van der Waals surface area contributed by atoms with Crippen LogP contribution >= 0.6 is 0 Å². The third kappa shape index (κ3) is 6.81. The predicted molar refractivity (Wildman–Crippen MR) is 74.2 cm³/mol. The summed E-state index contributed by atoms with van der Waals surface area (Å²) in [5, 5.41) is 14.5. The minimum Gasteiger partial charge on any atom is -0.467 e. The van der Waals surface area contributed by atoms with Gasteiger partial charge in [0, 0.05) is 17.1 Å². The van der Waals surface area contributed by atoms with E-state index < -0.39 is 23.4 Å². The number of nitrogens with zero attached hydrogens (tertiary/aromatic N) is 1. The van der Waals surface area contributed by atoms with E-state index in [1.807, 2.05) is 0 Å². The Labute approximate surface area is 118 Å². The third-order valence-corrected chi connectivity index (χ3v) is 2.53. The van der Waals surface area contributed by atoms with Crippen molar-refractivity contribution >= 4 is 17.8 Å². The van der Waals surface area contributed by atoms with E-state index in [1.165, 1.54) is 7.11 Å². The molecule has 0 heterocycles. The van der Waals surface area contributed by atoms with Crippen molar-refractivity contribution in [3.63, 3.8) is 0 Å². The third-order valence-electron chi connectivity index (χ3n) is 2.53. The normalized spacial score (nSPS) is 12.2. The van der Waals surface area contributed by atoms with Crippen molar-refractivity contribution in [1.29, 1.82) is 5.41 Å². The highest BCUT2D eigenvalue weighted by atomic mass is 16.5. The van der Waals surface area contributed by atoms with E-state index in [-0.39, 0.29) is 5.91 Å². The number of carbonyl (C=O) groups is 2. The van der Waals surface area contributed by atoms with Crippen LogP contribution in [-0.4, -0.2) is 37.5 Å². The van der Waals surface area contributed by atoms with Crippen molar-refractivity contribution in [3.8, 4) is 0 Å². The van der Waals surface area contributed by atoms with Crippen LogP contribution in [0.4, 0.5) is 0 Å². The number of methoxy groups -OCH3 is 1. The zero-order valence-corrected chi connectivity index (χ0v) is 12.3. The fourth-order valence-electron chi connectivity index (χ4n) is 1.31. The Morgan fingerprint density at radius 3 is 2.40 bits per heavy atom. The van der Waals surface area contributed by atoms with Crippen LogP contribution in [0.25, 0.3) is 0 Å². The molecule has 1 amide bonds. The average molecular weight is 286 g/mol. The van der Waals surface area contributed by atoms with Gasteiger partial charge < -0.3 is 15.4 Å². The van der Waals surface area contributed by atoms with Gasteiger partial charge in [0.15, 0.2) is 0 Å². The van der Waals surface area contributed by atoms with Crippen LogP contribution in [0.5, 0.6) is 0 Å². The highest BCUT2D eigenvalue weighted by Gasteiger charge is 2.27. The summed E-state index contributed by atoms with van der Waals surface area (Å²) in [4.78, 5) is 33.4. The van der Waals surface area contributed by atoms with Crippen LogP contribution in [-0.2, 0) is 14.3 Å². The molecule has 0 fully saturated rings. The van der Waals surface area contributed by atoms with E-state index in [0.29, 0.717) is 19.4 Å². The second-order valence-corrected chi connectivity index (χ2v) is 5.31. The van der Waals surface area contributed by atoms with E-state index in [1.54, 1.807) is 20.8 Å². The number of ether oxygens (including phenoxy) is 1. The lowest BCUT2D eigenvalue weighted by molar-refractivity contribution is -0.146. The fraction of sp³-hybridized carbons (Fsp3) is 0.750. The Kier molecular flexibility index (Phi) is 7.42. The molecule has 0 spiro atoms. The molecule has 0 saturated carbocycles. The van der Waals surface area contributed by atoms with Crippen molar-refractivity contribution in [3.05, 3.63) is 4.91 Å². The number of carbonyl (C=O) groups excluding carboxylic acids is 2. The van der Waals surface area contributed by atoms with Gasteiger partial charge in [-0.1, -0.05) is 20.8 Å². The maximum Gasteiger partial charge on any atom is 0.328 e. The first-order chi connectivity index (χ1) is 9.22. The van der Waals surface area contributed by atoms with Crippen LogP contribution in [0.15, 0.2) is 5.18 Å². The second-order valence-electron chi connectivity index (χ2n) is 5.31. The maximum atomic E-state index is 11.9. The SMILES string of the molecule is COC(=O)C(CCCNC(=N)N=O)NC(=O)C(C)(C)C. The Hall–Kier alpha value is -1.99. The summed E-state index contributed by atoms with van der Waals surface area (Å²) in [7, 11) is 1.25. The van der Waals surface area contributed by atoms with E-state index in [4.69, 9.17) is 5.41 Å². The van der Waals surface area contributed by atoms with Gasteiger partial charge in [-0.25, -0.2) is 4.79 Å². The molecule has 0 saturated heterocycles. The maximum absolute atomic E-state index is 11.9. The van der Waals surface area contributed by atoms with Gasteiger partial charge in [0.25, 0.3) is 5.96 Å². The van der Waals surface area contributed by atoms with Crippen LogP contribution in [0.2, 0.25) is 0 Å². The molecule has 0 aromatic heterocycles. The largest absolute Gasteiger partial charge is 0.467 e. The topological polar surface area (TPSA) is 121 Å². The highest BCUT2D eigenvalue weighted by Crippen LogP contribution is 2.14. The molecule has 0 aliphatic carbocycles. The molecule has 1 atom stereocenters. The van der Waals surface area contributed by atoms with Gasteiger partial charge in [-0.2, -0.15) is 0 Å². The Morgan fingerprint density at radius 2 is 1.95 bits per heavy atom. The lowest BCUT2D eigenvalue weighted by Crippen LogP contribution is -2.46. The van der Waals surface area contributed by atoms with Gasteiger partial charge in [-0.3, -0.25) is 10.2 Å². The molecule has 0 rings (SSSR count). The van der Waals surface area contributed by atoms with Crippen molar-refractivity contribution in [2.75, 3.05) is 13.7 Å². The molecule has 0 aliphatic rings. The summed E-state index contributed by atoms with van der Waals surface area (Å²) in [6, 6.07) is -0.744. The first kappa shape index (κ1) is 18.0. The standard InChI is InChI=1S/C12H22N4O4/c1-12(2,3)10(18)15-8(9(17)20-4)6-5-7-14-11(13)16-19/h8H,5-7H2,1-4H3,(H2,13,14)(H,15,18). The van der Waals surface area contributed by atoms with Gasteiger partial charge in [-0.05, 0) is 12.8 Å². The Morgan fingerprint density at radius 1 is 1.35 bits per heavy atom. The molecule has 0 aliphatic heterocycles. The fourth-order valence-corrected chi connectivity index (χ4v) is 1.31. The summed E-state index contributed by atoms with van der Waals surface area (Å²) < 4.78 is 4.64. The van der Waals surface area contributed by atoms with Crippen molar-refractivity contribution < 1.29 is 14.3 Å². The first-order valence-corrected chi connectivity index (χ1v) is 6.27. The van der Waals surface area contributed by atoms with Crippen LogP contribution in [0, 0.1) is 15.7 Å². The summed E-state index contributed by atoms with van der Waals surface area (Å²) in [6.07, 6.45) is 0.815. The smallest absolute Gasteiger partial charge is 0.328 e. The van der Waals surface area contributed by atoms with Crippen LogP contribution < -0.4 is 10.6 Å². The zero-order chi connectivity index (χ0) is 15.8. The zero-order valence-electron chi connectivity index (χ0n) is 12.3. The number of hydrogen-bond acceptors (Lipinski definition) is 5. The number of nitroso groups, excluding NO2 is 1. The van der Waals surface area contributed by atoms with Crippen LogP contribution in [0.1, 0.15) is 33.6 Å². The monoisotopic (exact) mass is 286 g/mol. The van der Waals surface area contributed by atoms with Gasteiger partial charge in [0.05, 0.1) is 7.11 Å². The predicted octanol–water partition coefficient (Wildman–Crippen LogP) is 0.761. The average Bonchev–Trinajstić information content (AvgIpc) is 2.39. The minimum atomic E-state index is -0.744. The Bertz CT molecular complexity index is 376. The molecule has 114 valence electrons. The molecular formula is C12H22N4O4. The van der Waals surface area contributed by atoms with Crippen molar-refractivity contribution in [1.82, 2.24) is 10.6 Å². The Balaban J connectivity index is 4.37. The number of guanidine groups is 1. The number of hydrogen-bond donors (Lipinski definition) is 3. The van der Waals surface area contributed by atoms with E-state index in [2.05, 4.69) is 20.5 Å². The molecule has 1 unspecified atom stereocenters. The molecular weight excluding hydrogens is 264 g/mol. The molecule has 3 N–H and O–H groups in total. The van der Waals surface area contributed by atoms with Crippen LogP contribution in [0.3, 0.4) is 0 Å². The number of amides is 1. The summed E-state index contributed by atoms with van der Waals surface area (Å²) in [6.45, 7) is 5.55. The highest BCUT2D eigenvalue weighted by molar-refractivity contribution is 5.87. The van der Waals surface area contributed by atoms with Gasteiger partial charge >= 0.3 is 5.97 Å². The van der Waals surface area contributed by atoms with E-state index in [9.17, 15) is 14.5 Å². The van der Waals surface area contributed by atoms with E-state index >= 15 is 0 Å². The minimum absolute atomic E-state index is 0.247. The lowest BCUT2D eigenvalue weighted by Gasteiger charge is -2.22. The van der Waals surface area contributed by atoms with Gasteiger partial charge in [-0.15, -0.1) is 4.91 Å². The molecule has 0 radical (unpaired) electrons. The molecule has 0 aromatic rings. The number of nitrogens with one attached hydrogen (secondary N) is 3. The summed E-state index contributed by atoms with van der Waals surface area (Å²) >= 11 is 0. The quantitative estimate of drug-likeness (QED) is 0.219.